The van der Waals surface area contributed by atoms with Gasteiger partial charge in [0.25, 0.3) is 0 Å². The molecule has 7 heteroatoms. The normalized spacial score (nSPS) is 11.7. The second kappa shape index (κ2) is 8.43. The Morgan fingerprint density at radius 3 is 2.56 bits per heavy atom. The van der Waals surface area contributed by atoms with Crippen molar-refractivity contribution in [3.8, 4) is 11.5 Å². The molecule has 0 aliphatic carbocycles. The van der Waals surface area contributed by atoms with Gasteiger partial charge in [0.05, 0.1) is 20.8 Å². The van der Waals surface area contributed by atoms with Gasteiger partial charge in [-0.05, 0) is 37.3 Å². The number of aliphatic hydroxyl groups excluding tert-OH is 1. The largest absolute Gasteiger partial charge is 0.497 e. The lowest BCUT2D eigenvalue weighted by atomic mass is 10.1. The van der Waals surface area contributed by atoms with Crippen molar-refractivity contribution < 1.29 is 19.4 Å². The van der Waals surface area contributed by atoms with Gasteiger partial charge in [0.15, 0.2) is 0 Å². The highest BCUT2D eigenvalue weighted by Gasteiger charge is 2.15. The summed E-state index contributed by atoms with van der Waals surface area (Å²) in [5.74, 6) is 1.15. The van der Waals surface area contributed by atoms with Gasteiger partial charge in [0.2, 0.25) is 0 Å². The summed E-state index contributed by atoms with van der Waals surface area (Å²) in [7, 11) is 5.03. The number of hydrogen-bond acceptors (Lipinski definition) is 4. The average molecular weight is 347 g/mol. The number of methoxy groups -OCH3 is 2. The second-order valence-corrected chi connectivity index (χ2v) is 5.71. The first-order chi connectivity index (χ1) is 12.0. The molecule has 0 spiro atoms. The monoisotopic (exact) mass is 347 g/mol. The van der Waals surface area contributed by atoms with Gasteiger partial charge in [0, 0.05) is 30.5 Å². The van der Waals surface area contributed by atoms with Gasteiger partial charge in [-0.3, -0.25) is 0 Å². The van der Waals surface area contributed by atoms with Gasteiger partial charge in [-0.25, -0.2) is 4.79 Å². The van der Waals surface area contributed by atoms with Crippen LogP contribution in [0.5, 0.6) is 11.5 Å². The molecule has 0 aliphatic rings. The molecule has 0 unspecified atom stereocenters. The molecule has 0 saturated heterocycles. The maximum absolute atomic E-state index is 11.9. The molecule has 2 amide bonds. The van der Waals surface area contributed by atoms with Crippen LogP contribution in [0.3, 0.4) is 0 Å². The Balaban J connectivity index is 1.89. The maximum Gasteiger partial charge on any atom is 0.315 e. The number of carbonyl (C=O) groups is 1. The molecule has 0 radical (unpaired) electrons. The van der Waals surface area contributed by atoms with Crippen molar-refractivity contribution in [3.05, 3.63) is 47.3 Å². The molecule has 1 aromatic heterocycles. The van der Waals surface area contributed by atoms with Crippen LogP contribution in [0.2, 0.25) is 0 Å². The van der Waals surface area contributed by atoms with E-state index in [9.17, 15) is 9.90 Å². The lowest BCUT2D eigenvalue weighted by Crippen LogP contribution is -2.37. The highest BCUT2D eigenvalue weighted by molar-refractivity contribution is 5.73. The van der Waals surface area contributed by atoms with E-state index in [1.54, 1.807) is 25.3 Å². The predicted molar refractivity (Wildman–Crippen MR) is 94.9 cm³/mol. The minimum absolute atomic E-state index is 0.0571. The smallest absolute Gasteiger partial charge is 0.315 e. The maximum atomic E-state index is 11.9. The van der Waals surface area contributed by atoms with Crippen LogP contribution in [0.1, 0.15) is 23.1 Å². The zero-order chi connectivity index (χ0) is 18.4. The van der Waals surface area contributed by atoms with Crippen molar-refractivity contribution in [3.63, 3.8) is 0 Å². The minimum Gasteiger partial charge on any atom is -0.497 e. The summed E-state index contributed by atoms with van der Waals surface area (Å²) in [6, 6.07) is 8.77. The standard InChI is InChI=1S/C18H25N3O4/c1-12-5-6-13(21(12)2)10-19-18(23)20-11-16(22)15-9-14(24-3)7-8-17(15)25-4/h5-9,16,22H,10-11H2,1-4H3,(H2,19,20,23)/t16-/m1/s1. The summed E-state index contributed by atoms with van der Waals surface area (Å²) < 4.78 is 12.4. The van der Waals surface area contributed by atoms with E-state index in [-0.39, 0.29) is 12.6 Å². The lowest BCUT2D eigenvalue weighted by Gasteiger charge is -2.17. The van der Waals surface area contributed by atoms with Crippen LogP contribution in [-0.2, 0) is 13.6 Å². The van der Waals surface area contributed by atoms with E-state index in [0.717, 1.165) is 11.4 Å². The second-order valence-electron chi connectivity index (χ2n) is 5.71. The number of benzene rings is 1. The Morgan fingerprint density at radius 2 is 1.96 bits per heavy atom. The molecule has 1 aromatic carbocycles. The van der Waals surface area contributed by atoms with E-state index in [1.807, 2.05) is 30.7 Å². The molecule has 0 bridgehead atoms. The van der Waals surface area contributed by atoms with E-state index in [0.29, 0.717) is 23.6 Å². The highest BCUT2D eigenvalue weighted by atomic mass is 16.5. The Morgan fingerprint density at radius 1 is 1.20 bits per heavy atom. The first-order valence-electron chi connectivity index (χ1n) is 7.99. The van der Waals surface area contributed by atoms with Crippen molar-refractivity contribution in [1.82, 2.24) is 15.2 Å². The van der Waals surface area contributed by atoms with E-state index < -0.39 is 6.10 Å². The third-order valence-corrected chi connectivity index (χ3v) is 4.16. The van der Waals surface area contributed by atoms with Crippen molar-refractivity contribution in [2.75, 3.05) is 20.8 Å². The lowest BCUT2D eigenvalue weighted by molar-refractivity contribution is 0.169. The van der Waals surface area contributed by atoms with Crippen LogP contribution < -0.4 is 20.1 Å². The van der Waals surface area contributed by atoms with Crippen molar-refractivity contribution in [1.29, 1.82) is 0 Å². The van der Waals surface area contributed by atoms with Gasteiger partial charge < -0.3 is 29.8 Å². The van der Waals surface area contributed by atoms with Gasteiger partial charge in [-0.2, -0.15) is 0 Å². The van der Waals surface area contributed by atoms with Crippen molar-refractivity contribution >= 4 is 6.03 Å². The molecule has 0 fully saturated rings. The Bertz CT molecular complexity index is 727. The molecule has 0 saturated carbocycles. The fourth-order valence-corrected chi connectivity index (χ4v) is 2.48. The quantitative estimate of drug-likeness (QED) is 0.714. The van der Waals surface area contributed by atoms with Gasteiger partial charge in [0.1, 0.15) is 17.6 Å². The number of aryl methyl sites for hydroxylation is 1. The molecule has 3 N–H and O–H groups in total. The Labute approximate surface area is 147 Å². The summed E-state index contributed by atoms with van der Waals surface area (Å²) in [4.78, 5) is 11.9. The van der Waals surface area contributed by atoms with E-state index in [2.05, 4.69) is 10.6 Å². The number of ether oxygens (including phenoxy) is 2. The fourth-order valence-electron chi connectivity index (χ4n) is 2.48. The molecule has 0 aliphatic heterocycles. The fraction of sp³-hybridized carbons (Fsp3) is 0.389. The van der Waals surface area contributed by atoms with Gasteiger partial charge in [-0.15, -0.1) is 0 Å². The van der Waals surface area contributed by atoms with Crippen LogP contribution in [0, 0.1) is 6.92 Å². The van der Waals surface area contributed by atoms with Crippen LogP contribution in [0.4, 0.5) is 4.79 Å². The molecular formula is C18H25N3O4. The summed E-state index contributed by atoms with van der Waals surface area (Å²) in [6.45, 7) is 2.47. The summed E-state index contributed by atoms with van der Waals surface area (Å²) in [5.41, 5.74) is 2.68. The number of nitrogens with one attached hydrogen (secondary N) is 2. The van der Waals surface area contributed by atoms with E-state index in [1.165, 1.54) is 7.11 Å². The van der Waals surface area contributed by atoms with Crippen LogP contribution in [-0.4, -0.2) is 36.5 Å². The number of hydrogen-bond donors (Lipinski definition) is 3. The van der Waals surface area contributed by atoms with Crippen LogP contribution in [0.15, 0.2) is 30.3 Å². The number of rotatable bonds is 7. The number of nitrogens with zero attached hydrogens (tertiary/aromatic N) is 1. The van der Waals surface area contributed by atoms with Gasteiger partial charge >= 0.3 is 6.03 Å². The third-order valence-electron chi connectivity index (χ3n) is 4.16. The summed E-state index contributed by atoms with van der Waals surface area (Å²) in [6.07, 6.45) is -0.909. The molecule has 136 valence electrons. The molecule has 2 rings (SSSR count). The first-order valence-corrected chi connectivity index (χ1v) is 7.99. The average Bonchev–Trinajstić information content (AvgIpc) is 2.95. The topological polar surface area (TPSA) is 84.8 Å². The summed E-state index contributed by atoms with van der Waals surface area (Å²) >= 11 is 0. The van der Waals surface area contributed by atoms with Crippen molar-refractivity contribution in [2.24, 2.45) is 7.05 Å². The van der Waals surface area contributed by atoms with E-state index in [4.69, 9.17) is 9.47 Å². The highest BCUT2D eigenvalue weighted by Crippen LogP contribution is 2.29. The number of amides is 2. The zero-order valence-corrected chi connectivity index (χ0v) is 15.0. The Hall–Kier alpha value is -2.67. The minimum atomic E-state index is -0.909. The number of urea groups is 1. The zero-order valence-electron chi connectivity index (χ0n) is 15.0. The molecule has 2 aromatic rings. The van der Waals surface area contributed by atoms with Crippen LogP contribution in [0.25, 0.3) is 0 Å². The molecule has 25 heavy (non-hydrogen) atoms. The molecular weight excluding hydrogens is 322 g/mol. The molecule has 7 nitrogen and oxygen atoms in total. The molecule has 1 heterocycles. The molecule has 1 atom stereocenters. The number of aromatic nitrogens is 1. The van der Waals surface area contributed by atoms with E-state index >= 15 is 0 Å². The SMILES string of the molecule is COc1ccc(OC)c([C@H](O)CNC(=O)NCc2ccc(C)n2C)c1. The predicted octanol–water partition coefficient (Wildman–Crippen LogP) is 1.88. The third kappa shape index (κ3) is 4.67. The van der Waals surface area contributed by atoms with Gasteiger partial charge in [-0.1, -0.05) is 0 Å². The number of carbonyl (C=O) groups excluding carboxylic acids is 1. The summed E-state index contributed by atoms with van der Waals surface area (Å²) in [5, 5.41) is 15.8. The van der Waals surface area contributed by atoms with Crippen LogP contribution >= 0.6 is 0 Å². The first kappa shape index (κ1) is 18.7. The number of aliphatic hydroxyl groups is 1. The Kier molecular flexibility index (Phi) is 6.30. The van der Waals surface area contributed by atoms with Crippen molar-refractivity contribution in [2.45, 2.75) is 19.6 Å².